The third kappa shape index (κ3) is 2.27. The van der Waals surface area contributed by atoms with E-state index in [4.69, 9.17) is 0 Å². The maximum absolute atomic E-state index is 13.2. The minimum Gasteiger partial charge on any atom is -0.377 e. The molecule has 0 aliphatic heterocycles. The first-order valence-corrected chi connectivity index (χ1v) is 6.03. The fraction of sp³-hybridized carbons (Fsp3) is 0.143. The maximum Gasteiger partial charge on any atom is 0.141 e. The number of halogens is 1. The van der Waals surface area contributed by atoms with E-state index in [1.54, 1.807) is 12.4 Å². The van der Waals surface area contributed by atoms with Crippen molar-refractivity contribution in [2.75, 3.05) is 5.32 Å². The molecule has 0 spiro atoms. The Labute approximate surface area is 109 Å². The van der Waals surface area contributed by atoms with Crippen LogP contribution >= 0.6 is 0 Å². The molecule has 2 N–H and O–H groups in total. The van der Waals surface area contributed by atoms with Crippen LogP contribution in [-0.4, -0.2) is 15.2 Å². The van der Waals surface area contributed by atoms with Crippen LogP contribution in [0, 0.1) is 5.82 Å². The highest BCUT2D eigenvalue weighted by Gasteiger charge is 2.09. The van der Waals surface area contributed by atoms with E-state index < -0.39 is 0 Å². The minimum absolute atomic E-state index is 0.0444. The van der Waals surface area contributed by atoms with Gasteiger partial charge in [-0.25, -0.2) is 4.39 Å². The van der Waals surface area contributed by atoms with Crippen molar-refractivity contribution in [3.8, 4) is 0 Å². The van der Waals surface area contributed by atoms with E-state index in [9.17, 15) is 4.39 Å². The van der Waals surface area contributed by atoms with Gasteiger partial charge in [0.15, 0.2) is 0 Å². The Morgan fingerprint density at radius 1 is 1.26 bits per heavy atom. The third-order valence-electron chi connectivity index (χ3n) is 3.07. The lowest BCUT2D eigenvalue weighted by atomic mass is 10.1. The monoisotopic (exact) mass is 256 g/mol. The molecule has 4 nitrogen and oxygen atoms in total. The minimum atomic E-state index is -0.328. The van der Waals surface area contributed by atoms with Crippen LogP contribution in [0.25, 0.3) is 10.9 Å². The van der Waals surface area contributed by atoms with Gasteiger partial charge in [-0.2, -0.15) is 5.10 Å². The number of hydrogen-bond acceptors (Lipinski definition) is 3. The second kappa shape index (κ2) is 4.68. The molecule has 0 saturated heterocycles. The second-order valence-corrected chi connectivity index (χ2v) is 4.44. The second-order valence-electron chi connectivity index (χ2n) is 4.44. The molecule has 2 heterocycles. The van der Waals surface area contributed by atoms with Gasteiger partial charge >= 0.3 is 0 Å². The van der Waals surface area contributed by atoms with Crippen molar-refractivity contribution in [3.63, 3.8) is 0 Å². The molecular formula is C14H13FN4. The Bertz CT molecular complexity index is 707. The van der Waals surface area contributed by atoms with Gasteiger partial charge in [0.1, 0.15) is 5.82 Å². The molecule has 0 aliphatic carbocycles. The molecular weight excluding hydrogens is 243 g/mol. The zero-order chi connectivity index (χ0) is 13.2. The highest BCUT2D eigenvalue weighted by Crippen LogP contribution is 2.25. The standard InChI is InChI=1S/C14H13FN4/c1-9(11-5-12(15)8-16-6-11)18-13-4-2-3-10-7-17-19-14(10)13/h2-9,18H,1H3,(H,17,19). The average Bonchev–Trinajstić information content (AvgIpc) is 2.88. The number of anilines is 1. The number of aromatic amines is 1. The van der Waals surface area contributed by atoms with Gasteiger partial charge in [0.25, 0.3) is 0 Å². The largest absolute Gasteiger partial charge is 0.377 e. The highest BCUT2D eigenvalue weighted by atomic mass is 19.1. The number of fused-ring (bicyclic) bond motifs is 1. The molecule has 1 unspecified atom stereocenters. The van der Waals surface area contributed by atoms with E-state index in [1.807, 2.05) is 25.1 Å². The van der Waals surface area contributed by atoms with E-state index in [0.29, 0.717) is 0 Å². The first-order chi connectivity index (χ1) is 9.24. The van der Waals surface area contributed by atoms with Crippen LogP contribution in [0.2, 0.25) is 0 Å². The molecule has 2 aromatic heterocycles. The quantitative estimate of drug-likeness (QED) is 0.756. The van der Waals surface area contributed by atoms with Crippen molar-refractivity contribution in [1.82, 2.24) is 15.2 Å². The third-order valence-corrected chi connectivity index (χ3v) is 3.07. The predicted octanol–water partition coefficient (Wildman–Crippen LogP) is 3.27. The van der Waals surface area contributed by atoms with Crippen molar-refractivity contribution < 1.29 is 4.39 Å². The van der Waals surface area contributed by atoms with Crippen LogP contribution < -0.4 is 5.32 Å². The molecule has 3 aromatic rings. The Hall–Kier alpha value is -2.43. The zero-order valence-electron chi connectivity index (χ0n) is 10.4. The summed E-state index contributed by atoms with van der Waals surface area (Å²) in [5.41, 5.74) is 2.68. The Morgan fingerprint density at radius 2 is 2.16 bits per heavy atom. The van der Waals surface area contributed by atoms with Gasteiger partial charge in [0.2, 0.25) is 0 Å². The van der Waals surface area contributed by atoms with E-state index in [0.717, 1.165) is 22.2 Å². The number of aromatic nitrogens is 3. The zero-order valence-corrected chi connectivity index (χ0v) is 10.4. The van der Waals surface area contributed by atoms with Crippen molar-refractivity contribution in [2.24, 2.45) is 0 Å². The summed E-state index contributed by atoms with van der Waals surface area (Å²) in [6.45, 7) is 1.96. The van der Waals surface area contributed by atoms with Gasteiger partial charge in [-0.05, 0) is 24.6 Å². The number of nitrogens with zero attached hydrogens (tertiary/aromatic N) is 2. The molecule has 19 heavy (non-hydrogen) atoms. The van der Waals surface area contributed by atoms with Gasteiger partial charge in [-0.1, -0.05) is 12.1 Å². The van der Waals surface area contributed by atoms with Crippen molar-refractivity contribution >= 4 is 16.6 Å². The number of nitrogens with one attached hydrogen (secondary N) is 2. The first kappa shape index (κ1) is 11.6. The van der Waals surface area contributed by atoms with Crippen LogP contribution in [0.4, 0.5) is 10.1 Å². The van der Waals surface area contributed by atoms with E-state index in [1.165, 1.54) is 12.3 Å². The number of hydrogen-bond donors (Lipinski definition) is 2. The van der Waals surface area contributed by atoms with Gasteiger partial charge in [-0.15, -0.1) is 0 Å². The molecule has 0 saturated carbocycles. The van der Waals surface area contributed by atoms with Crippen LogP contribution in [0.15, 0.2) is 42.9 Å². The average molecular weight is 256 g/mol. The lowest BCUT2D eigenvalue weighted by Crippen LogP contribution is -2.07. The summed E-state index contributed by atoms with van der Waals surface area (Å²) in [4.78, 5) is 3.86. The lowest BCUT2D eigenvalue weighted by Gasteiger charge is -2.15. The molecule has 0 radical (unpaired) electrons. The highest BCUT2D eigenvalue weighted by molar-refractivity contribution is 5.90. The topological polar surface area (TPSA) is 53.6 Å². The number of para-hydroxylation sites is 1. The molecule has 3 rings (SSSR count). The van der Waals surface area contributed by atoms with Gasteiger partial charge in [0.05, 0.1) is 29.6 Å². The summed E-state index contributed by atoms with van der Waals surface area (Å²) in [5.74, 6) is -0.328. The van der Waals surface area contributed by atoms with Crippen LogP contribution in [-0.2, 0) is 0 Å². The van der Waals surface area contributed by atoms with Crippen molar-refractivity contribution in [3.05, 3.63) is 54.2 Å². The van der Waals surface area contributed by atoms with Crippen LogP contribution in [0.1, 0.15) is 18.5 Å². The smallest absolute Gasteiger partial charge is 0.141 e. The summed E-state index contributed by atoms with van der Waals surface area (Å²) in [6, 6.07) is 7.34. The molecule has 5 heteroatoms. The fourth-order valence-corrected chi connectivity index (χ4v) is 2.07. The van der Waals surface area contributed by atoms with Crippen molar-refractivity contribution in [2.45, 2.75) is 13.0 Å². The molecule has 0 bridgehead atoms. The normalized spacial score (nSPS) is 12.5. The molecule has 0 amide bonds. The van der Waals surface area contributed by atoms with Gasteiger partial charge in [0, 0.05) is 11.6 Å². The molecule has 0 aliphatic rings. The van der Waals surface area contributed by atoms with Crippen LogP contribution in [0.5, 0.6) is 0 Å². The number of pyridine rings is 1. The Kier molecular flexibility index (Phi) is 2.87. The Balaban J connectivity index is 1.90. The number of benzene rings is 1. The van der Waals surface area contributed by atoms with Crippen molar-refractivity contribution in [1.29, 1.82) is 0 Å². The molecule has 96 valence electrons. The maximum atomic E-state index is 13.2. The lowest BCUT2D eigenvalue weighted by molar-refractivity contribution is 0.616. The Morgan fingerprint density at radius 3 is 3.00 bits per heavy atom. The fourth-order valence-electron chi connectivity index (χ4n) is 2.07. The summed E-state index contributed by atoms with van der Waals surface area (Å²) < 4.78 is 13.2. The summed E-state index contributed by atoms with van der Waals surface area (Å²) >= 11 is 0. The van der Waals surface area contributed by atoms with Gasteiger partial charge in [-0.3, -0.25) is 10.1 Å². The van der Waals surface area contributed by atoms with E-state index in [-0.39, 0.29) is 11.9 Å². The summed E-state index contributed by atoms with van der Waals surface area (Å²) in [6.07, 6.45) is 4.63. The van der Waals surface area contributed by atoms with Gasteiger partial charge < -0.3 is 5.32 Å². The SMILES string of the molecule is CC(Nc1cccc2cn[nH]c12)c1cncc(F)c1. The molecule has 0 fully saturated rings. The van der Waals surface area contributed by atoms with E-state index in [2.05, 4.69) is 20.5 Å². The molecule has 1 atom stereocenters. The van der Waals surface area contributed by atoms with Crippen LogP contribution in [0.3, 0.4) is 0 Å². The number of rotatable bonds is 3. The van der Waals surface area contributed by atoms with E-state index >= 15 is 0 Å². The summed E-state index contributed by atoms with van der Waals surface area (Å²) in [5, 5.41) is 11.3. The summed E-state index contributed by atoms with van der Waals surface area (Å²) in [7, 11) is 0. The predicted molar refractivity (Wildman–Crippen MR) is 72.3 cm³/mol. The number of H-pyrrole nitrogens is 1. The molecule has 1 aromatic carbocycles. The first-order valence-electron chi connectivity index (χ1n) is 6.03.